The molecule has 2 rings (SSSR count). The van der Waals surface area contributed by atoms with Crippen LogP contribution in [0.25, 0.3) is 0 Å². The van der Waals surface area contributed by atoms with E-state index in [1.54, 1.807) is 0 Å². The fraction of sp³-hybridized carbons (Fsp3) is 0.385. The highest BCUT2D eigenvalue weighted by atomic mass is 16.7. The summed E-state index contributed by atoms with van der Waals surface area (Å²) in [5.41, 5.74) is 2.30. The Balaban J connectivity index is 1.94. The lowest BCUT2D eigenvalue weighted by Crippen LogP contribution is -2.15. The van der Waals surface area contributed by atoms with E-state index in [1.165, 1.54) is 5.56 Å². The lowest BCUT2D eigenvalue weighted by molar-refractivity contribution is -0.0613. The van der Waals surface area contributed by atoms with Gasteiger partial charge < -0.3 is 14.8 Å². The van der Waals surface area contributed by atoms with Crippen LogP contribution in [0.3, 0.4) is 0 Å². The molecule has 2 atom stereocenters. The topological polar surface area (TPSA) is 40.4 Å². The first kappa shape index (κ1) is 11.0. The van der Waals surface area contributed by atoms with Gasteiger partial charge in [-0.3, -0.25) is 0 Å². The summed E-state index contributed by atoms with van der Waals surface area (Å²) in [7, 11) is 0. The quantitative estimate of drug-likeness (QED) is 0.611. The van der Waals surface area contributed by atoms with E-state index >= 15 is 0 Å². The van der Waals surface area contributed by atoms with Crippen LogP contribution in [-0.2, 0) is 4.74 Å². The first-order valence-electron chi connectivity index (χ1n) is 5.54. The van der Waals surface area contributed by atoms with Crippen LogP contribution >= 0.6 is 0 Å². The van der Waals surface area contributed by atoms with Crippen molar-refractivity contribution in [3.05, 3.63) is 42.1 Å². The van der Waals surface area contributed by atoms with E-state index in [9.17, 15) is 0 Å². The minimum absolute atomic E-state index is 0.204. The van der Waals surface area contributed by atoms with Crippen LogP contribution in [-0.4, -0.2) is 12.9 Å². The van der Waals surface area contributed by atoms with Gasteiger partial charge in [0.25, 0.3) is 0 Å². The van der Waals surface area contributed by atoms with Crippen molar-refractivity contribution in [2.24, 2.45) is 0 Å². The molecule has 1 aromatic rings. The summed E-state index contributed by atoms with van der Waals surface area (Å²) >= 11 is 0. The molecule has 1 aliphatic heterocycles. The molecule has 1 heterocycles. The Morgan fingerprint density at radius 1 is 1.38 bits per heavy atom. The standard InChI is InChI=1S/C13H17NO2/c1-4-15-10(3)16-12-7-5-11(6-8-12)13-9(2)14-13/h5-8,10,13-14H,2,4H2,1,3H3. The van der Waals surface area contributed by atoms with Crippen molar-refractivity contribution in [2.75, 3.05) is 6.61 Å². The molecule has 3 nitrogen and oxygen atoms in total. The van der Waals surface area contributed by atoms with E-state index in [4.69, 9.17) is 9.47 Å². The molecule has 0 saturated carbocycles. The maximum atomic E-state index is 5.57. The molecule has 1 N–H and O–H groups in total. The van der Waals surface area contributed by atoms with Gasteiger partial charge in [0.05, 0.1) is 6.04 Å². The molecular formula is C13H17NO2. The van der Waals surface area contributed by atoms with Gasteiger partial charge in [-0.2, -0.15) is 0 Å². The third-order valence-corrected chi connectivity index (χ3v) is 2.51. The van der Waals surface area contributed by atoms with Gasteiger partial charge in [0.15, 0.2) is 6.29 Å². The summed E-state index contributed by atoms with van der Waals surface area (Å²) in [5, 5.41) is 3.17. The average Bonchev–Trinajstić information content (AvgIpc) is 2.97. The smallest absolute Gasteiger partial charge is 0.196 e. The van der Waals surface area contributed by atoms with Gasteiger partial charge >= 0.3 is 0 Å². The van der Waals surface area contributed by atoms with Crippen LogP contribution in [0.2, 0.25) is 0 Å². The van der Waals surface area contributed by atoms with Gasteiger partial charge in [0, 0.05) is 12.3 Å². The summed E-state index contributed by atoms with van der Waals surface area (Å²) in [6, 6.07) is 8.34. The Morgan fingerprint density at radius 3 is 2.50 bits per heavy atom. The maximum absolute atomic E-state index is 5.57. The van der Waals surface area contributed by atoms with Crippen LogP contribution in [0.4, 0.5) is 0 Å². The van der Waals surface area contributed by atoms with Crippen LogP contribution in [0, 0.1) is 0 Å². The van der Waals surface area contributed by atoms with Crippen LogP contribution < -0.4 is 10.1 Å². The molecule has 0 radical (unpaired) electrons. The number of benzene rings is 1. The third kappa shape index (κ3) is 2.55. The molecule has 16 heavy (non-hydrogen) atoms. The van der Waals surface area contributed by atoms with Gasteiger partial charge in [-0.05, 0) is 31.5 Å². The predicted octanol–water partition coefficient (Wildman–Crippen LogP) is 2.61. The first-order valence-corrected chi connectivity index (χ1v) is 5.54. The molecule has 1 fully saturated rings. The second-order valence-corrected chi connectivity index (χ2v) is 3.81. The molecule has 1 aromatic carbocycles. The first-order chi connectivity index (χ1) is 7.70. The van der Waals surface area contributed by atoms with Crippen molar-refractivity contribution in [1.82, 2.24) is 5.32 Å². The highest BCUT2D eigenvalue weighted by Crippen LogP contribution is 2.32. The summed E-state index contributed by atoms with van der Waals surface area (Å²) in [4.78, 5) is 0. The van der Waals surface area contributed by atoms with E-state index in [0.717, 1.165) is 11.4 Å². The largest absolute Gasteiger partial charge is 0.465 e. The molecular weight excluding hydrogens is 202 g/mol. The molecule has 0 aliphatic carbocycles. The highest BCUT2D eigenvalue weighted by molar-refractivity contribution is 5.39. The average molecular weight is 219 g/mol. The van der Waals surface area contributed by atoms with Crippen molar-refractivity contribution >= 4 is 0 Å². The Kier molecular flexibility index (Phi) is 3.15. The fourth-order valence-corrected chi connectivity index (χ4v) is 1.63. The summed E-state index contributed by atoms with van der Waals surface area (Å²) < 4.78 is 10.9. The molecule has 1 aliphatic rings. The van der Waals surface area contributed by atoms with Gasteiger partial charge in [-0.1, -0.05) is 18.7 Å². The van der Waals surface area contributed by atoms with E-state index in [0.29, 0.717) is 12.6 Å². The maximum Gasteiger partial charge on any atom is 0.196 e. The number of hydrogen-bond acceptors (Lipinski definition) is 3. The van der Waals surface area contributed by atoms with Crippen molar-refractivity contribution < 1.29 is 9.47 Å². The molecule has 0 amide bonds. The van der Waals surface area contributed by atoms with Crippen LogP contribution in [0.15, 0.2) is 36.5 Å². The van der Waals surface area contributed by atoms with Crippen molar-refractivity contribution in [1.29, 1.82) is 0 Å². The lowest BCUT2D eigenvalue weighted by atomic mass is 10.1. The molecule has 1 saturated heterocycles. The van der Waals surface area contributed by atoms with Gasteiger partial charge in [-0.25, -0.2) is 0 Å². The highest BCUT2D eigenvalue weighted by Gasteiger charge is 2.27. The lowest BCUT2D eigenvalue weighted by Gasteiger charge is -2.14. The Labute approximate surface area is 96.1 Å². The number of rotatable bonds is 5. The molecule has 0 spiro atoms. The van der Waals surface area contributed by atoms with Crippen molar-refractivity contribution in [2.45, 2.75) is 26.2 Å². The second-order valence-electron chi connectivity index (χ2n) is 3.81. The summed E-state index contributed by atoms with van der Waals surface area (Å²) in [6.45, 7) is 8.36. The number of nitrogens with one attached hydrogen (secondary N) is 1. The SMILES string of the molecule is C=C1NC1c1ccc(OC(C)OCC)cc1. The van der Waals surface area contributed by atoms with E-state index < -0.39 is 0 Å². The van der Waals surface area contributed by atoms with Crippen LogP contribution in [0.1, 0.15) is 25.5 Å². The van der Waals surface area contributed by atoms with E-state index in [2.05, 4.69) is 11.9 Å². The van der Waals surface area contributed by atoms with Gasteiger partial charge in [-0.15, -0.1) is 0 Å². The van der Waals surface area contributed by atoms with Gasteiger partial charge in [0.1, 0.15) is 5.75 Å². The molecule has 0 bridgehead atoms. The summed E-state index contributed by atoms with van der Waals surface area (Å²) in [6.07, 6.45) is -0.204. The Bertz CT molecular complexity index is 372. The van der Waals surface area contributed by atoms with Gasteiger partial charge in [0.2, 0.25) is 0 Å². The summed E-state index contributed by atoms with van der Waals surface area (Å²) in [5.74, 6) is 0.830. The Morgan fingerprint density at radius 2 is 2.00 bits per heavy atom. The number of ether oxygens (including phenoxy) is 2. The zero-order chi connectivity index (χ0) is 11.5. The minimum atomic E-state index is -0.204. The normalized spacial score (nSPS) is 20.1. The monoisotopic (exact) mass is 219 g/mol. The molecule has 0 aromatic heterocycles. The van der Waals surface area contributed by atoms with Crippen molar-refractivity contribution in [3.63, 3.8) is 0 Å². The molecule has 2 unspecified atom stereocenters. The Hall–Kier alpha value is -1.48. The molecule has 3 heteroatoms. The number of hydrogen-bond donors (Lipinski definition) is 1. The zero-order valence-electron chi connectivity index (χ0n) is 9.69. The van der Waals surface area contributed by atoms with E-state index in [1.807, 2.05) is 38.1 Å². The predicted molar refractivity (Wildman–Crippen MR) is 63.2 cm³/mol. The third-order valence-electron chi connectivity index (χ3n) is 2.51. The zero-order valence-corrected chi connectivity index (χ0v) is 9.69. The fourth-order valence-electron chi connectivity index (χ4n) is 1.63. The van der Waals surface area contributed by atoms with Crippen molar-refractivity contribution in [3.8, 4) is 5.75 Å². The second kappa shape index (κ2) is 4.58. The van der Waals surface area contributed by atoms with E-state index in [-0.39, 0.29) is 6.29 Å². The van der Waals surface area contributed by atoms with Crippen LogP contribution in [0.5, 0.6) is 5.75 Å². The molecule has 86 valence electrons. The minimum Gasteiger partial charge on any atom is -0.465 e.